The normalized spacial score (nSPS) is 22.3. The zero-order valence-corrected chi connectivity index (χ0v) is 24.5. The van der Waals surface area contributed by atoms with Crippen molar-refractivity contribution in [3.05, 3.63) is 71.3 Å². The van der Waals surface area contributed by atoms with Gasteiger partial charge in [0.1, 0.15) is 18.0 Å². The molecule has 44 heavy (non-hydrogen) atoms. The molecule has 12 nitrogen and oxygen atoms in total. The topological polar surface area (TPSA) is 159 Å². The fraction of sp³-hybridized carbons (Fsp3) is 0.344. The molecule has 12 heteroatoms. The van der Waals surface area contributed by atoms with E-state index in [9.17, 15) is 19.5 Å². The number of likely N-dealkylation sites (tertiary alicyclic amines) is 1. The Hall–Kier alpha value is -5.13. The van der Waals surface area contributed by atoms with E-state index in [0.29, 0.717) is 23.4 Å². The fourth-order valence-corrected chi connectivity index (χ4v) is 6.92. The predicted molar refractivity (Wildman–Crippen MR) is 158 cm³/mol. The van der Waals surface area contributed by atoms with Gasteiger partial charge in [0, 0.05) is 25.5 Å². The number of esters is 2. The number of phenols is 1. The van der Waals surface area contributed by atoms with Crippen molar-refractivity contribution < 1.29 is 43.2 Å². The molecule has 0 saturated carbocycles. The summed E-state index contributed by atoms with van der Waals surface area (Å²) >= 11 is 0. The van der Waals surface area contributed by atoms with Crippen LogP contribution in [0.4, 0.5) is 16.2 Å². The van der Waals surface area contributed by atoms with Gasteiger partial charge in [-0.2, -0.15) is 0 Å². The lowest BCUT2D eigenvalue weighted by Gasteiger charge is -2.52. The van der Waals surface area contributed by atoms with Gasteiger partial charge >= 0.3 is 18.0 Å². The molecule has 3 heterocycles. The molecule has 4 N–H and O–H groups in total. The van der Waals surface area contributed by atoms with Crippen molar-refractivity contribution in [2.75, 3.05) is 31.8 Å². The quantitative estimate of drug-likeness (QED) is 0.155. The summed E-state index contributed by atoms with van der Waals surface area (Å²) in [4.78, 5) is 39.9. The van der Waals surface area contributed by atoms with Gasteiger partial charge in [-0.25, -0.2) is 4.79 Å². The van der Waals surface area contributed by atoms with Crippen LogP contribution in [0.3, 0.4) is 0 Å². The van der Waals surface area contributed by atoms with Gasteiger partial charge in [-0.3, -0.25) is 14.5 Å². The monoisotopic (exact) mass is 603 g/mol. The summed E-state index contributed by atoms with van der Waals surface area (Å²) in [6, 6.07) is 15.3. The molecule has 3 aromatic rings. The van der Waals surface area contributed by atoms with Gasteiger partial charge in [-0.15, -0.1) is 0 Å². The molecule has 0 spiro atoms. The average molecular weight is 604 g/mol. The van der Waals surface area contributed by atoms with Crippen LogP contribution in [0, 0.1) is 0 Å². The molecule has 0 aliphatic carbocycles. The zero-order chi connectivity index (χ0) is 31.2. The van der Waals surface area contributed by atoms with E-state index < -0.39 is 35.2 Å². The van der Waals surface area contributed by atoms with E-state index in [1.54, 1.807) is 23.1 Å². The van der Waals surface area contributed by atoms with Gasteiger partial charge in [0.2, 0.25) is 5.72 Å². The van der Waals surface area contributed by atoms with Gasteiger partial charge in [0.25, 0.3) is 0 Å². The van der Waals surface area contributed by atoms with E-state index in [1.807, 2.05) is 36.4 Å². The summed E-state index contributed by atoms with van der Waals surface area (Å²) in [6.07, 6.45) is -0.207. The minimum absolute atomic E-state index is 0.00473. The number of carbonyl (C=O) groups is 3. The molecule has 0 bridgehead atoms. The molecule has 3 aliphatic heterocycles. The number of anilines is 2. The number of carbonyl (C=O) groups excluding carboxylic acids is 3. The number of fused-ring (bicyclic) bond motifs is 2. The number of rotatable bonds is 7. The third-order valence-electron chi connectivity index (χ3n) is 8.73. The molecule has 1 amide bonds. The highest BCUT2D eigenvalue weighted by molar-refractivity contribution is 5.85. The Kier molecular flexibility index (Phi) is 7.14. The highest BCUT2D eigenvalue weighted by Crippen LogP contribution is 2.68. The van der Waals surface area contributed by atoms with Gasteiger partial charge in [-0.1, -0.05) is 42.5 Å². The van der Waals surface area contributed by atoms with Gasteiger partial charge in [0.15, 0.2) is 17.2 Å². The Bertz CT molecular complexity index is 1650. The zero-order valence-electron chi connectivity index (χ0n) is 24.5. The van der Waals surface area contributed by atoms with Crippen molar-refractivity contribution in [3.8, 4) is 23.0 Å². The number of aromatic hydroxyl groups is 1. The van der Waals surface area contributed by atoms with E-state index in [4.69, 9.17) is 29.4 Å². The Morgan fingerprint density at radius 1 is 1.11 bits per heavy atom. The first-order valence-corrected chi connectivity index (χ1v) is 14.2. The smallest absolute Gasteiger partial charge is 0.410 e. The van der Waals surface area contributed by atoms with Crippen LogP contribution in [0.15, 0.2) is 54.6 Å². The summed E-state index contributed by atoms with van der Waals surface area (Å²) in [7, 11) is 2.72. The van der Waals surface area contributed by atoms with Crippen LogP contribution < -0.4 is 25.3 Å². The number of hydrogen-bond donors (Lipinski definition) is 3. The standard InChI is InChI=1S/C32H33N3O9/c1-18(36)43-23-11-7-10-20-27(23)34-32-24(12-13-25(38)40-2)35(30(39)42-17-19-8-5-4-6-9-19)15-14-31(20,32)21-16-22(37)26(33)29(41-3)28(21)44-32/h4-11,16,24,34,37H,12-15,17,33H2,1-3H3/t24-,31+,32-/m0/s1. The van der Waals surface area contributed by atoms with Crippen molar-refractivity contribution in [2.45, 2.75) is 50.0 Å². The van der Waals surface area contributed by atoms with Crippen molar-refractivity contribution in [3.63, 3.8) is 0 Å². The van der Waals surface area contributed by atoms with Gasteiger partial charge in [-0.05, 0) is 36.1 Å². The Morgan fingerprint density at radius 2 is 1.89 bits per heavy atom. The number of amides is 1. The van der Waals surface area contributed by atoms with Gasteiger partial charge in [0.05, 0.1) is 31.4 Å². The van der Waals surface area contributed by atoms with Crippen LogP contribution in [-0.2, 0) is 31.1 Å². The molecule has 1 fully saturated rings. The second-order valence-corrected chi connectivity index (χ2v) is 11.0. The minimum Gasteiger partial charge on any atom is -0.506 e. The molecule has 6 rings (SSSR count). The van der Waals surface area contributed by atoms with Crippen LogP contribution in [0.25, 0.3) is 0 Å². The van der Waals surface area contributed by atoms with Crippen LogP contribution in [-0.4, -0.2) is 60.6 Å². The maximum Gasteiger partial charge on any atom is 0.410 e. The molecular formula is C32H33N3O9. The minimum atomic E-state index is -1.46. The number of ether oxygens (including phenoxy) is 5. The van der Waals surface area contributed by atoms with Crippen molar-refractivity contribution in [1.29, 1.82) is 0 Å². The lowest BCUT2D eigenvalue weighted by Crippen LogP contribution is -2.71. The van der Waals surface area contributed by atoms with E-state index in [0.717, 1.165) is 11.1 Å². The second-order valence-electron chi connectivity index (χ2n) is 11.0. The van der Waals surface area contributed by atoms with Crippen molar-refractivity contribution in [2.24, 2.45) is 0 Å². The Labute approximate surface area is 253 Å². The van der Waals surface area contributed by atoms with Gasteiger partial charge < -0.3 is 39.8 Å². The number of piperidine rings is 1. The molecule has 3 aliphatic rings. The number of phenolic OH excluding ortho intramolecular Hbond substituents is 1. The van der Waals surface area contributed by atoms with E-state index >= 15 is 0 Å². The highest BCUT2D eigenvalue weighted by Gasteiger charge is 2.73. The van der Waals surface area contributed by atoms with E-state index in [2.05, 4.69) is 5.32 Å². The van der Waals surface area contributed by atoms with Crippen LogP contribution in [0.5, 0.6) is 23.0 Å². The van der Waals surface area contributed by atoms with Crippen LogP contribution >= 0.6 is 0 Å². The molecule has 3 aromatic carbocycles. The molecular weight excluding hydrogens is 570 g/mol. The molecule has 0 aromatic heterocycles. The number of para-hydroxylation sites is 1. The molecule has 0 radical (unpaired) electrons. The third-order valence-corrected chi connectivity index (χ3v) is 8.73. The van der Waals surface area contributed by atoms with E-state index in [1.165, 1.54) is 21.1 Å². The highest BCUT2D eigenvalue weighted by atomic mass is 16.6. The SMILES string of the molecule is COC(=O)CC[C@@H]1N(C(=O)OCc2ccccc2)CC[C@]23c4cccc(OC(C)=O)c4N[C@]12Oc1c3cc(O)c(N)c1OC. The Balaban J connectivity index is 1.52. The maximum absolute atomic E-state index is 13.8. The first-order chi connectivity index (χ1) is 21.2. The van der Waals surface area contributed by atoms with Crippen LogP contribution in [0.1, 0.15) is 42.9 Å². The summed E-state index contributed by atoms with van der Waals surface area (Å²) < 4.78 is 28.8. The third kappa shape index (κ3) is 4.23. The number of nitrogens with one attached hydrogen (secondary N) is 1. The second kappa shape index (κ2) is 10.9. The lowest BCUT2D eigenvalue weighted by molar-refractivity contribution is -0.142. The molecule has 0 unspecified atom stereocenters. The maximum atomic E-state index is 13.8. The van der Waals surface area contributed by atoms with Crippen LogP contribution in [0.2, 0.25) is 0 Å². The summed E-state index contributed by atoms with van der Waals surface area (Å²) in [5, 5.41) is 14.4. The summed E-state index contributed by atoms with van der Waals surface area (Å²) in [5.41, 5.74) is 6.32. The molecule has 3 atom stereocenters. The number of nitrogen functional groups attached to an aromatic ring is 1. The summed E-state index contributed by atoms with van der Waals surface area (Å²) in [6.45, 7) is 1.55. The van der Waals surface area contributed by atoms with Crippen molar-refractivity contribution in [1.82, 2.24) is 4.90 Å². The lowest BCUT2D eigenvalue weighted by atomic mass is 9.63. The number of nitrogens with zero attached hydrogens (tertiary/aromatic N) is 1. The predicted octanol–water partition coefficient (Wildman–Crippen LogP) is 4.07. The summed E-state index contributed by atoms with van der Waals surface area (Å²) in [5.74, 6) is -0.485. The molecule has 1 saturated heterocycles. The number of methoxy groups -OCH3 is 2. The number of nitrogens with two attached hydrogens (primary N) is 1. The van der Waals surface area contributed by atoms with Crippen molar-refractivity contribution >= 4 is 29.4 Å². The largest absolute Gasteiger partial charge is 0.506 e. The first-order valence-electron chi connectivity index (χ1n) is 14.2. The average Bonchev–Trinajstić information content (AvgIpc) is 3.47. The first kappa shape index (κ1) is 29.0. The Morgan fingerprint density at radius 3 is 2.59 bits per heavy atom. The number of hydrogen-bond acceptors (Lipinski definition) is 11. The fourth-order valence-electron chi connectivity index (χ4n) is 6.92. The number of benzene rings is 3. The molecule has 230 valence electrons. The van der Waals surface area contributed by atoms with E-state index in [-0.39, 0.29) is 48.9 Å².